The fraction of sp³-hybridized carbons (Fsp3) is 0.143. The first kappa shape index (κ1) is 8.01. The van der Waals surface area contributed by atoms with Gasteiger partial charge in [0.2, 0.25) is 0 Å². The lowest BCUT2D eigenvalue weighted by Crippen LogP contribution is -1.90. The highest BCUT2D eigenvalue weighted by Gasteiger charge is 2.06. The fourth-order valence-electron chi connectivity index (χ4n) is 1.07. The van der Waals surface area contributed by atoms with E-state index >= 15 is 0 Å². The second-order valence-corrected chi connectivity index (χ2v) is 3.63. The zero-order valence-electron chi connectivity index (χ0n) is 6.25. The van der Waals surface area contributed by atoms with Gasteiger partial charge in [0.1, 0.15) is 4.60 Å². The van der Waals surface area contributed by atoms with Crippen LogP contribution in [0.15, 0.2) is 16.9 Å². The van der Waals surface area contributed by atoms with Gasteiger partial charge in [0.25, 0.3) is 0 Å². The second-order valence-electron chi connectivity index (χ2n) is 2.44. The van der Waals surface area contributed by atoms with Gasteiger partial charge in [-0.3, -0.25) is 0 Å². The predicted molar refractivity (Wildman–Crippen MR) is 51.2 cm³/mol. The number of rotatable bonds is 0. The summed E-state index contributed by atoms with van der Waals surface area (Å²) in [6.45, 7) is 0. The normalized spacial score (nSPS) is 10.9. The Balaban J connectivity index is 2.90. The lowest BCUT2D eigenvalue weighted by atomic mass is 10.4. The third kappa shape index (κ3) is 1.11. The summed E-state index contributed by atoms with van der Waals surface area (Å²) in [5, 5.41) is 5.70. The van der Waals surface area contributed by atoms with E-state index in [4.69, 9.17) is 11.6 Å². The number of fused-ring (bicyclic) bond motifs is 1. The van der Waals surface area contributed by atoms with Crippen LogP contribution in [0.2, 0.25) is 5.02 Å². The number of pyridine rings is 1. The molecule has 0 saturated heterocycles. The van der Waals surface area contributed by atoms with Gasteiger partial charge in [-0.1, -0.05) is 11.6 Å². The molecule has 12 heavy (non-hydrogen) atoms. The fourth-order valence-corrected chi connectivity index (χ4v) is 1.76. The zero-order valence-corrected chi connectivity index (χ0v) is 8.59. The standard InChI is InChI=1S/C7H5BrClN3/c1-12-7-5(6(8)11-12)2-4(9)3-10-7/h2-3H,1H3. The minimum Gasteiger partial charge on any atom is -0.249 e. The highest BCUT2D eigenvalue weighted by Crippen LogP contribution is 2.23. The Morgan fingerprint density at radius 1 is 1.58 bits per heavy atom. The molecule has 2 aromatic heterocycles. The predicted octanol–water partition coefficient (Wildman–Crippen LogP) is 2.38. The molecular weight excluding hydrogens is 241 g/mol. The van der Waals surface area contributed by atoms with Crippen molar-refractivity contribution in [2.24, 2.45) is 7.05 Å². The lowest BCUT2D eigenvalue weighted by molar-refractivity contribution is 0.778. The Bertz CT molecular complexity index is 437. The molecule has 3 nitrogen and oxygen atoms in total. The minimum absolute atomic E-state index is 0.621. The molecule has 62 valence electrons. The number of nitrogens with zero attached hydrogens (tertiary/aromatic N) is 3. The Kier molecular flexibility index (Phi) is 1.81. The molecule has 0 radical (unpaired) electrons. The van der Waals surface area contributed by atoms with E-state index < -0.39 is 0 Å². The molecule has 0 N–H and O–H groups in total. The summed E-state index contributed by atoms with van der Waals surface area (Å²) in [7, 11) is 1.84. The quantitative estimate of drug-likeness (QED) is 0.714. The summed E-state index contributed by atoms with van der Waals surface area (Å²) < 4.78 is 2.48. The second kappa shape index (κ2) is 2.71. The number of aromatic nitrogens is 3. The van der Waals surface area contributed by atoms with Crippen LogP contribution in [0.25, 0.3) is 11.0 Å². The van der Waals surface area contributed by atoms with Crippen LogP contribution < -0.4 is 0 Å². The van der Waals surface area contributed by atoms with E-state index in [1.54, 1.807) is 10.9 Å². The van der Waals surface area contributed by atoms with Gasteiger partial charge in [-0.25, -0.2) is 9.67 Å². The summed E-state index contributed by atoms with van der Waals surface area (Å²) >= 11 is 9.10. The van der Waals surface area contributed by atoms with E-state index in [-0.39, 0.29) is 0 Å². The minimum atomic E-state index is 0.621. The first-order valence-corrected chi connectivity index (χ1v) is 4.49. The maximum Gasteiger partial charge on any atom is 0.158 e. The van der Waals surface area contributed by atoms with Gasteiger partial charge in [0.05, 0.1) is 10.4 Å². The highest BCUT2D eigenvalue weighted by molar-refractivity contribution is 9.10. The van der Waals surface area contributed by atoms with Crippen molar-refractivity contribution >= 4 is 38.6 Å². The van der Waals surface area contributed by atoms with E-state index in [1.807, 2.05) is 13.1 Å². The van der Waals surface area contributed by atoms with Crippen LogP contribution in [0.5, 0.6) is 0 Å². The van der Waals surface area contributed by atoms with Gasteiger partial charge in [0, 0.05) is 13.2 Å². The summed E-state index contributed by atoms with van der Waals surface area (Å²) in [5.74, 6) is 0. The van der Waals surface area contributed by atoms with Gasteiger partial charge < -0.3 is 0 Å². The van der Waals surface area contributed by atoms with Crippen molar-refractivity contribution < 1.29 is 0 Å². The number of aryl methyl sites for hydroxylation is 1. The molecule has 2 rings (SSSR count). The first-order chi connectivity index (χ1) is 5.68. The van der Waals surface area contributed by atoms with Crippen LogP contribution in [-0.2, 0) is 7.05 Å². The van der Waals surface area contributed by atoms with Crippen LogP contribution >= 0.6 is 27.5 Å². The van der Waals surface area contributed by atoms with Crippen LogP contribution in [0.3, 0.4) is 0 Å². The van der Waals surface area contributed by atoms with Crippen molar-refractivity contribution in [3.63, 3.8) is 0 Å². The summed E-state index contributed by atoms with van der Waals surface area (Å²) in [5.41, 5.74) is 0.825. The maximum absolute atomic E-state index is 5.78. The molecule has 2 heterocycles. The van der Waals surface area contributed by atoms with E-state index in [2.05, 4.69) is 26.0 Å². The molecule has 0 unspecified atom stereocenters. The van der Waals surface area contributed by atoms with E-state index in [9.17, 15) is 0 Å². The number of halogens is 2. The Hall–Kier alpha value is -0.610. The van der Waals surface area contributed by atoms with Crippen LogP contribution in [0.4, 0.5) is 0 Å². The number of hydrogen-bond donors (Lipinski definition) is 0. The molecule has 0 atom stereocenters. The average Bonchev–Trinajstić information content (AvgIpc) is 2.28. The van der Waals surface area contributed by atoms with Crippen LogP contribution in [0.1, 0.15) is 0 Å². The first-order valence-electron chi connectivity index (χ1n) is 3.32. The molecule has 0 bridgehead atoms. The molecule has 0 aromatic carbocycles. The van der Waals surface area contributed by atoms with Crippen LogP contribution in [-0.4, -0.2) is 14.8 Å². The third-order valence-electron chi connectivity index (χ3n) is 1.60. The van der Waals surface area contributed by atoms with E-state index in [1.165, 1.54) is 0 Å². The van der Waals surface area contributed by atoms with Crippen molar-refractivity contribution in [2.75, 3.05) is 0 Å². The molecule has 0 aliphatic carbocycles. The Morgan fingerprint density at radius 2 is 2.33 bits per heavy atom. The largest absolute Gasteiger partial charge is 0.249 e. The molecule has 2 aromatic rings. The van der Waals surface area contributed by atoms with E-state index in [0.717, 1.165) is 15.6 Å². The van der Waals surface area contributed by atoms with Gasteiger partial charge in [-0.15, -0.1) is 0 Å². The topological polar surface area (TPSA) is 30.7 Å². The summed E-state index contributed by atoms with van der Waals surface area (Å²) in [6.07, 6.45) is 1.61. The molecular formula is C7H5BrClN3. The van der Waals surface area contributed by atoms with Gasteiger partial charge >= 0.3 is 0 Å². The monoisotopic (exact) mass is 245 g/mol. The molecule has 5 heteroatoms. The number of hydrogen-bond acceptors (Lipinski definition) is 2. The van der Waals surface area contributed by atoms with Gasteiger partial charge in [-0.2, -0.15) is 5.10 Å². The molecule has 0 aliphatic heterocycles. The van der Waals surface area contributed by atoms with Gasteiger partial charge in [-0.05, 0) is 22.0 Å². The van der Waals surface area contributed by atoms with Gasteiger partial charge in [0.15, 0.2) is 5.65 Å². The van der Waals surface area contributed by atoms with E-state index in [0.29, 0.717) is 5.02 Å². The third-order valence-corrected chi connectivity index (χ3v) is 2.39. The van der Waals surface area contributed by atoms with Crippen molar-refractivity contribution in [1.29, 1.82) is 0 Å². The van der Waals surface area contributed by atoms with Crippen LogP contribution in [0, 0.1) is 0 Å². The molecule has 0 aliphatic rings. The Morgan fingerprint density at radius 3 is 3.08 bits per heavy atom. The van der Waals surface area contributed by atoms with Crippen molar-refractivity contribution in [1.82, 2.24) is 14.8 Å². The molecule has 0 amide bonds. The molecule has 0 spiro atoms. The maximum atomic E-state index is 5.78. The molecule has 0 saturated carbocycles. The average molecular weight is 246 g/mol. The summed E-state index contributed by atoms with van der Waals surface area (Å²) in [6, 6.07) is 1.83. The van der Waals surface area contributed by atoms with Crippen molar-refractivity contribution in [2.45, 2.75) is 0 Å². The SMILES string of the molecule is Cn1nc(Br)c2cc(Cl)cnc21. The highest BCUT2D eigenvalue weighted by atomic mass is 79.9. The Labute approximate surface area is 82.5 Å². The zero-order chi connectivity index (χ0) is 8.72. The smallest absolute Gasteiger partial charge is 0.158 e. The van der Waals surface area contributed by atoms with Crippen molar-refractivity contribution in [3.8, 4) is 0 Å². The molecule has 0 fully saturated rings. The lowest BCUT2D eigenvalue weighted by Gasteiger charge is -1.91. The summed E-state index contributed by atoms with van der Waals surface area (Å²) in [4.78, 5) is 4.14. The van der Waals surface area contributed by atoms with Crippen molar-refractivity contribution in [3.05, 3.63) is 21.9 Å².